The predicted molar refractivity (Wildman–Crippen MR) is 42.6 cm³/mol. The summed E-state index contributed by atoms with van der Waals surface area (Å²) >= 11 is 0. The zero-order chi connectivity index (χ0) is 12.0. The van der Waals surface area contributed by atoms with Gasteiger partial charge in [-0.3, -0.25) is 0 Å². The molecule has 0 aliphatic heterocycles. The molecule has 0 spiro atoms. The van der Waals surface area contributed by atoms with E-state index < -0.39 is 26.9 Å². The monoisotopic (exact) mass is 249 g/mol. The van der Waals surface area contributed by atoms with Crippen LogP contribution in [0.4, 0.5) is 19.4 Å². The Balaban J connectivity index is 3.43. The normalized spacial score (nSPS) is 16.6. The van der Waals surface area contributed by atoms with Crippen molar-refractivity contribution in [2.24, 2.45) is 0 Å². The van der Waals surface area contributed by atoms with Crippen molar-refractivity contribution in [3.8, 4) is 0 Å². The van der Waals surface area contributed by atoms with Crippen LogP contribution in [0.1, 0.15) is 10.5 Å². The minimum atomic E-state index is -9.89. The molecule has 0 unspecified atom stereocenters. The highest BCUT2D eigenvalue weighted by atomic mass is 32.5. The van der Waals surface area contributed by atoms with Crippen LogP contribution < -0.4 is 0 Å². The van der Waals surface area contributed by atoms with Crippen molar-refractivity contribution in [1.82, 2.24) is 4.98 Å². The highest BCUT2D eigenvalue weighted by Crippen LogP contribution is 3.01. The van der Waals surface area contributed by atoms with E-state index in [4.69, 9.17) is 5.11 Å². The third kappa shape index (κ3) is 2.78. The molecule has 3 nitrogen and oxygen atoms in total. The summed E-state index contributed by atoms with van der Waals surface area (Å²) < 4.78 is 60.7. The Morgan fingerprint density at radius 2 is 1.73 bits per heavy atom. The van der Waals surface area contributed by atoms with Crippen molar-refractivity contribution >= 4 is 16.2 Å². The second-order valence-electron chi connectivity index (χ2n) is 2.64. The number of pyridine rings is 1. The van der Waals surface area contributed by atoms with Crippen LogP contribution >= 0.6 is 10.2 Å². The molecule has 1 N–H and O–H groups in total. The number of hydrogen-bond donors (Lipinski definition) is 1. The fourth-order valence-electron chi connectivity index (χ4n) is 0.749. The molecule has 1 rings (SSSR count). The van der Waals surface area contributed by atoms with E-state index in [1.165, 1.54) is 0 Å². The lowest BCUT2D eigenvalue weighted by atomic mass is 10.4. The number of carboxylic acids is 1. The van der Waals surface area contributed by atoms with Crippen LogP contribution in [0.5, 0.6) is 0 Å². The lowest BCUT2D eigenvalue weighted by Crippen LogP contribution is -2.11. The molecule has 0 saturated carbocycles. The van der Waals surface area contributed by atoms with E-state index in [0.717, 1.165) is 0 Å². The van der Waals surface area contributed by atoms with E-state index in [0.29, 0.717) is 12.1 Å². The quantitative estimate of drug-likeness (QED) is 0.817. The molecule has 0 atom stereocenters. The van der Waals surface area contributed by atoms with Crippen molar-refractivity contribution in [3.63, 3.8) is 0 Å². The summed E-state index contributed by atoms with van der Waals surface area (Å²) in [6.45, 7) is 0. The summed E-state index contributed by atoms with van der Waals surface area (Å²) in [5, 5.41) is 5.83. The molecular weight excluding hydrogens is 245 g/mol. The van der Waals surface area contributed by atoms with Crippen LogP contribution in [0.3, 0.4) is 0 Å². The van der Waals surface area contributed by atoms with Gasteiger partial charge in [0.15, 0.2) is 5.03 Å². The van der Waals surface area contributed by atoms with Gasteiger partial charge in [0.2, 0.25) is 0 Å². The van der Waals surface area contributed by atoms with Gasteiger partial charge in [0, 0.05) is 0 Å². The molecule has 0 radical (unpaired) electrons. The van der Waals surface area contributed by atoms with Gasteiger partial charge in [0.1, 0.15) is 5.69 Å². The summed E-state index contributed by atoms with van der Waals surface area (Å²) in [4.78, 5) is 12.6. The molecule has 86 valence electrons. The van der Waals surface area contributed by atoms with Gasteiger partial charge in [-0.1, -0.05) is 25.5 Å². The van der Waals surface area contributed by atoms with E-state index in [2.05, 4.69) is 4.98 Å². The summed E-state index contributed by atoms with van der Waals surface area (Å²) in [6, 6.07) is 1.28. The number of carboxylic acid groups (broad SMARTS) is 1. The molecule has 0 bridgehead atoms. The average Bonchev–Trinajstić information content (AvgIpc) is 2.00. The van der Waals surface area contributed by atoms with Crippen molar-refractivity contribution in [3.05, 3.63) is 23.9 Å². The van der Waals surface area contributed by atoms with E-state index in [1.807, 2.05) is 0 Å². The molecule has 15 heavy (non-hydrogen) atoms. The van der Waals surface area contributed by atoms with Crippen LogP contribution in [0.25, 0.3) is 0 Å². The van der Waals surface area contributed by atoms with Gasteiger partial charge in [-0.25, -0.2) is 9.78 Å². The molecule has 0 aliphatic rings. The lowest BCUT2D eigenvalue weighted by molar-refractivity contribution is 0.0689. The predicted octanol–water partition coefficient (Wildman–Crippen LogP) is 3.44. The van der Waals surface area contributed by atoms with Crippen LogP contribution in [0.15, 0.2) is 23.2 Å². The number of halogens is 5. The van der Waals surface area contributed by atoms with Crippen molar-refractivity contribution in [1.29, 1.82) is 0 Å². The smallest absolute Gasteiger partial charge is 0.354 e. The molecule has 0 aromatic carbocycles. The van der Waals surface area contributed by atoms with Gasteiger partial charge in [0.25, 0.3) is 0 Å². The molecule has 1 aromatic rings. The Morgan fingerprint density at radius 3 is 2.13 bits per heavy atom. The fraction of sp³-hybridized carbons (Fsp3) is 0. The Labute approximate surface area is 80.3 Å². The van der Waals surface area contributed by atoms with Gasteiger partial charge in [-0.05, 0) is 12.1 Å². The Morgan fingerprint density at radius 1 is 1.20 bits per heavy atom. The molecule has 0 amide bonds. The topological polar surface area (TPSA) is 50.2 Å². The summed E-state index contributed by atoms with van der Waals surface area (Å²) in [5.41, 5.74) is -1.08. The second-order valence-corrected chi connectivity index (χ2v) is 4.99. The third-order valence-electron chi connectivity index (χ3n) is 1.34. The first-order valence-electron chi connectivity index (χ1n) is 3.34. The maximum Gasteiger partial charge on any atom is 0.354 e. The van der Waals surface area contributed by atoms with Gasteiger partial charge in [0.05, 0.1) is 0 Å². The zero-order valence-corrected chi connectivity index (χ0v) is 7.65. The van der Waals surface area contributed by atoms with E-state index >= 15 is 0 Å². The Hall–Kier alpha value is -1.38. The Kier molecular flexibility index (Phi) is 1.87. The first-order valence-corrected chi connectivity index (χ1v) is 5.30. The van der Waals surface area contributed by atoms with Crippen molar-refractivity contribution < 1.29 is 29.3 Å². The van der Waals surface area contributed by atoms with E-state index in [9.17, 15) is 24.2 Å². The number of nitrogens with zero attached hydrogens (tertiary/aromatic N) is 1. The zero-order valence-electron chi connectivity index (χ0n) is 6.83. The molecule has 0 fully saturated rings. The summed E-state index contributed by atoms with van der Waals surface area (Å²) in [5.74, 6) is -1.81. The van der Waals surface area contributed by atoms with Gasteiger partial charge < -0.3 is 5.11 Å². The van der Waals surface area contributed by atoms with E-state index in [-0.39, 0.29) is 6.07 Å². The number of aromatic nitrogens is 1. The molecule has 9 heteroatoms. The standard InChI is InChI=1S/C6H4F5NO2S/c7-15(8,9,10,11)5-3-1-2-4(12-5)6(13)14/h1-3H,(H,13,14). The van der Waals surface area contributed by atoms with Crippen molar-refractivity contribution in [2.45, 2.75) is 5.03 Å². The van der Waals surface area contributed by atoms with Crippen LogP contribution in [0.2, 0.25) is 0 Å². The molecule has 0 saturated heterocycles. The van der Waals surface area contributed by atoms with Crippen LogP contribution in [-0.2, 0) is 0 Å². The Bertz CT molecular complexity index is 428. The average molecular weight is 249 g/mol. The number of hydrogen-bond acceptors (Lipinski definition) is 2. The number of rotatable bonds is 2. The number of carbonyl (C=O) groups is 1. The first kappa shape index (κ1) is 11.7. The lowest BCUT2D eigenvalue weighted by Gasteiger charge is -2.39. The first-order chi connectivity index (χ1) is 6.40. The maximum atomic E-state index is 12.1. The SMILES string of the molecule is O=C(O)c1cccc(S(F)(F)(F)(F)F)n1. The number of aromatic carboxylic acids is 1. The summed E-state index contributed by atoms with van der Waals surface area (Å²) in [7, 11) is -9.89. The van der Waals surface area contributed by atoms with Crippen molar-refractivity contribution in [2.75, 3.05) is 0 Å². The van der Waals surface area contributed by atoms with Gasteiger partial charge in [-0.15, -0.1) is 0 Å². The molecule has 0 aliphatic carbocycles. The van der Waals surface area contributed by atoms with Crippen LogP contribution in [-0.4, -0.2) is 16.1 Å². The highest BCUT2D eigenvalue weighted by molar-refractivity contribution is 8.45. The fourth-order valence-corrected chi connectivity index (χ4v) is 1.36. The third-order valence-corrected chi connectivity index (χ3v) is 2.36. The second kappa shape index (κ2) is 2.40. The van der Waals surface area contributed by atoms with Gasteiger partial charge in [-0.2, -0.15) is 0 Å². The van der Waals surface area contributed by atoms with E-state index in [1.54, 1.807) is 0 Å². The molecular formula is C6H4F5NO2S. The molecule has 1 aromatic heterocycles. The minimum absolute atomic E-state index is 0.0357. The maximum absolute atomic E-state index is 12.1. The minimum Gasteiger partial charge on any atom is -0.477 e. The molecule has 1 heterocycles. The van der Waals surface area contributed by atoms with Crippen LogP contribution in [0, 0.1) is 0 Å². The van der Waals surface area contributed by atoms with Gasteiger partial charge >= 0.3 is 16.2 Å². The highest BCUT2D eigenvalue weighted by Gasteiger charge is 2.67. The summed E-state index contributed by atoms with van der Waals surface area (Å²) in [6.07, 6.45) is 0. The largest absolute Gasteiger partial charge is 0.477 e.